The first-order valence-electron chi connectivity index (χ1n) is 9.70. The molecular weight excluding hydrogens is 270 g/mol. The Labute approximate surface area is 142 Å². The van der Waals surface area contributed by atoms with Crippen LogP contribution < -0.4 is 5.73 Å². The molecule has 0 spiro atoms. The summed E-state index contributed by atoms with van der Waals surface area (Å²) in [5.74, 6) is -0.164. The van der Waals surface area contributed by atoms with Crippen LogP contribution in [0.1, 0.15) is 114 Å². The summed E-state index contributed by atoms with van der Waals surface area (Å²) in [6.45, 7) is 6.26. The molecule has 0 aliphatic rings. The third-order valence-electron chi connectivity index (χ3n) is 3.68. The lowest BCUT2D eigenvalue weighted by Crippen LogP contribution is -2.09. The number of rotatable bonds is 15. The second-order valence-corrected chi connectivity index (χ2v) is 5.80. The maximum Gasteiger partial charge on any atom is 0.217 e. The molecule has 0 rings (SSSR count). The fourth-order valence-electron chi connectivity index (χ4n) is 2.37. The van der Waals surface area contributed by atoms with Crippen molar-refractivity contribution < 1.29 is 7.65 Å². The summed E-state index contributed by atoms with van der Waals surface area (Å²) in [4.78, 5) is 10.5. The van der Waals surface area contributed by atoms with Crippen LogP contribution in [0.25, 0.3) is 0 Å². The van der Waals surface area contributed by atoms with E-state index in [1.807, 2.05) is 13.8 Å². The molecule has 0 aromatic heterocycles. The van der Waals surface area contributed by atoms with E-state index >= 15 is 0 Å². The highest BCUT2D eigenvalue weighted by molar-refractivity contribution is 5.73. The Morgan fingerprint density at radius 1 is 0.773 bits per heavy atom. The summed E-state index contributed by atoms with van der Waals surface area (Å²) in [7, 11) is 0. The van der Waals surface area contributed by atoms with Crippen LogP contribution in [0.4, 0.5) is 0 Å². The van der Waals surface area contributed by atoms with Gasteiger partial charge in [-0.2, -0.15) is 0 Å². The number of amides is 1. The minimum absolute atomic E-state index is 0. The lowest BCUT2D eigenvalue weighted by molar-refractivity contribution is -0.118. The van der Waals surface area contributed by atoms with Crippen LogP contribution in [0.5, 0.6) is 0 Å². The van der Waals surface area contributed by atoms with Crippen molar-refractivity contribution in [3.63, 3.8) is 0 Å². The maximum atomic E-state index is 10.5. The first-order chi connectivity index (χ1) is 10.8. The molecule has 0 aliphatic carbocycles. The predicted octanol–water partition coefficient (Wildman–Crippen LogP) is 7.03. The first-order valence-corrected chi connectivity index (χ1v) is 9.70. The van der Waals surface area contributed by atoms with Gasteiger partial charge in [0.15, 0.2) is 0 Å². The molecule has 0 unspecified atom stereocenters. The van der Waals surface area contributed by atoms with Gasteiger partial charge >= 0.3 is 0 Å². The first kappa shape index (κ1) is 23.5. The zero-order valence-corrected chi connectivity index (χ0v) is 15.5. The van der Waals surface area contributed by atoms with Crippen molar-refractivity contribution in [2.75, 3.05) is 0 Å². The largest absolute Gasteiger partial charge is 0.370 e. The molecule has 0 aliphatic heterocycles. The lowest BCUT2D eigenvalue weighted by Gasteiger charge is -1.99. The number of allylic oxidation sites excluding steroid dienone is 2. The van der Waals surface area contributed by atoms with E-state index in [9.17, 15) is 4.79 Å². The fraction of sp³-hybridized carbons (Fsp3) is 0.850. The van der Waals surface area contributed by atoms with E-state index in [-0.39, 0.29) is 8.76 Å². The molecular formula is C20H45NO. The molecule has 0 radical (unpaired) electrons. The smallest absolute Gasteiger partial charge is 0.217 e. The molecule has 2 heteroatoms. The quantitative estimate of drug-likeness (QED) is 0.256. The van der Waals surface area contributed by atoms with Crippen LogP contribution in [-0.4, -0.2) is 5.91 Å². The minimum Gasteiger partial charge on any atom is -0.370 e. The zero-order valence-electron chi connectivity index (χ0n) is 15.5. The summed E-state index contributed by atoms with van der Waals surface area (Å²) >= 11 is 0. The van der Waals surface area contributed by atoms with Crippen LogP contribution in [0.2, 0.25) is 0 Å². The highest BCUT2D eigenvalue weighted by Crippen LogP contribution is 2.09. The monoisotopic (exact) mass is 315 g/mol. The van der Waals surface area contributed by atoms with Crippen LogP contribution in [0.15, 0.2) is 12.2 Å². The zero-order chi connectivity index (χ0) is 16.9. The Kier molecular flexibility index (Phi) is 24.0. The van der Waals surface area contributed by atoms with E-state index in [1.54, 1.807) is 0 Å². The molecule has 22 heavy (non-hydrogen) atoms. The summed E-state index contributed by atoms with van der Waals surface area (Å²) in [6.07, 6.45) is 21.9. The average molecular weight is 316 g/mol. The van der Waals surface area contributed by atoms with Gasteiger partial charge in [-0.3, -0.25) is 4.79 Å². The summed E-state index contributed by atoms with van der Waals surface area (Å²) in [5.41, 5.74) is 5.10. The normalized spacial score (nSPS) is 10.5. The van der Waals surface area contributed by atoms with Crippen molar-refractivity contribution in [3.05, 3.63) is 12.2 Å². The second kappa shape index (κ2) is 22.5. The van der Waals surface area contributed by atoms with E-state index < -0.39 is 0 Å². The second-order valence-electron chi connectivity index (χ2n) is 5.80. The van der Waals surface area contributed by atoms with Crippen LogP contribution >= 0.6 is 0 Å². The molecule has 0 saturated carbocycles. The Bertz CT molecular complexity index is 246. The maximum absolute atomic E-state index is 10.5. The van der Waals surface area contributed by atoms with E-state index in [0.29, 0.717) is 6.42 Å². The number of hydrogen-bond acceptors (Lipinski definition) is 1. The van der Waals surface area contributed by atoms with Gasteiger partial charge < -0.3 is 5.73 Å². The molecule has 0 bridgehead atoms. The molecule has 2 N–H and O–H groups in total. The Balaban J connectivity index is -0.000000480. The van der Waals surface area contributed by atoms with Gasteiger partial charge in [0.05, 0.1) is 0 Å². The lowest BCUT2D eigenvalue weighted by atomic mass is 10.1. The molecule has 0 saturated heterocycles. The van der Waals surface area contributed by atoms with E-state index in [4.69, 9.17) is 5.73 Å². The van der Waals surface area contributed by atoms with Gasteiger partial charge in [-0.05, 0) is 32.1 Å². The fourth-order valence-corrected chi connectivity index (χ4v) is 2.37. The van der Waals surface area contributed by atoms with Gasteiger partial charge in [0.25, 0.3) is 0 Å². The van der Waals surface area contributed by atoms with Gasteiger partial charge in [0, 0.05) is 9.27 Å². The molecule has 0 atom stereocenters. The van der Waals surface area contributed by atoms with Crippen molar-refractivity contribution in [3.8, 4) is 0 Å². The number of hydrogen-bond donors (Lipinski definition) is 1. The number of unbranched alkanes of at least 4 members (excludes halogenated alkanes) is 11. The molecule has 0 fully saturated rings. The Morgan fingerprint density at radius 2 is 1.18 bits per heavy atom. The topological polar surface area (TPSA) is 43.1 Å². The van der Waals surface area contributed by atoms with Crippen LogP contribution in [0, 0.1) is 0 Å². The van der Waals surface area contributed by atoms with Crippen molar-refractivity contribution in [2.45, 2.75) is 111 Å². The van der Waals surface area contributed by atoms with Gasteiger partial charge in [-0.1, -0.05) is 84.3 Å². The molecule has 0 aromatic carbocycles. The summed E-state index contributed by atoms with van der Waals surface area (Å²) < 4.78 is 0. The van der Waals surface area contributed by atoms with Crippen molar-refractivity contribution in [1.29, 1.82) is 0 Å². The van der Waals surface area contributed by atoms with Gasteiger partial charge in [-0.15, -0.1) is 0 Å². The molecule has 136 valence electrons. The van der Waals surface area contributed by atoms with Gasteiger partial charge in [0.2, 0.25) is 5.91 Å². The average Bonchev–Trinajstić information content (AvgIpc) is 2.53. The number of nitrogens with two attached hydrogens (primary N) is 1. The van der Waals surface area contributed by atoms with Crippen LogP contribution in [0.3, 0.4) is 0 Å². The molecule has 0 heterocycles. The summed E-state index contributed by atoms with van der Waals surface area (Å²) in [6, 6.07) is 0. The van der Waals surface area contributed by atoms with Crippen molar-refractivity contribution >= 4 is 5.91 Å². The van der Waals surface area contributed by atoms with Gasteiger partial charge in [-0.25, -0.2) is 0 Å². The van der Waals surface area contributed by atoms with Crippen LogP contribution in [-0.2, 0) is 4.79 Å². The number of carbonyl (C=O) groups is 1. The molecule has 1 amide bonds. The Hall–Kier alpha value is -0.790. The van der Waals surface area contributed by atoms with Crippen molar-refractivity contribution in [2.24, 2.45) is 5.73 Å². The minimum atomic E-state index is -0.164. The number of carbonyl (C=O) groups excluding carboxylic acids is 1. The van der Waals surface area contributed by atoms with E-state index in [0.717, 1.165) is 12.8 Å². The third kappa shape index (κ3) is 24.2. The van der Waals surface area contributed by atoms with Gasteiger partial charge in [0.1, 0.15) is 0 Å². The predicted molar refractivity (Wildman–Crippen MR) is 104 cm³/mol. The summed E-state index contributed by atoms with van der Waals surface area (Å²) in [5, 5.41) is 0. The standard InChI is InChI=1S/C18H35NO.C2H6.2H2/c1-2-3-4-5-6-7-8-9-10-11-12-13-14-15-16-17-18(19)20;1-2;;/h9-10H,2-8,11-17H2,1H3,(H2,19,20);1-2H3;2*1H/b10-9-;;;. The van der Waals surface area contributed by atoms with E-state index in [2.05, 4.69) is 19.1 Å². The SMILES string of the molecule is CC.CCCCCCCC/C=C\CCCCCCCC(N)=O.[HH].[HH]. The molecule has 2 nitrogen and oxygen atoms in total. The Morgan fingerprint density at radius 3 is 1.64 bits per heavy atom. The van der Waals surface area contributed by atoms with Crippen molar-refractivity contribution in [1.82, 2.24) is 0 Å². The molecule has 0 aromatic rings. The highest BCUT2D eigenvalue weighted by Gasteiger charge is 1.94. The van der Waals surface area contributed by atoms with E-state index in [1.165, 1.54) is 70.6 Å². The highest BCUT2D eigenvalue weighted by atomic mass is 16.1. The number of primary amides is 1. The third-order valence-corrected chi connectivity index (χ3v) is 3.68.